The van der Waals surface area contributed by atoms with Gasteiger partial charge in [-0.15, -0.1) is 0 Å². The molecule has 1 aliphatic rings. The van der Waals surface area contributed by atoms with E-state index in [1.54, 1.807) is 32.0 Å². The minimum Gasteiger partial charge on any atom is -0.386 e. The molecule has 0 saturated carbocycles. The molecule has 0 fully saturated rings. The topological polar surface area (TPSA) is 118 Å². The van der Waals surface area contributed by atoms with Gasteiger partial charge in [0.1, 0.15) is 5.82 Å². The average Bonchev–Trinajstić information content (AvgIpc) is 3.28. The van der Waals surface area contributed by atoms with Crippen molar-refractivity contribution < 1.29 is 14.3 Å². The first-order valence-corrected chi connectivity index (χ1v) is 13.4. The predicted octanol–water partition coefficient (Wildman–Crippen LogP) is 5.69. The molecule has 6 rings (SSSR count). The second-order valence-electron chi connectivity index (χ2n) is 10.5. The number of carbonyl (C=O) groups excluding carboxylic acids is 1. The van der Waals surface area contributed by atoms with Gasteiger partial charge in [-0.2, -0.15) is 0 Å². The van der Waals surface area contributed by atoms with Crippen molar-refractivity contribution in [2.45, 2.75) is 25.9 Å². The van der Waals surface area contributed by atoms with Gasteiger partial charge in [-0.1, -0.05) is 59.6 Å². The van der Waals surface area contributed by atoms with Gasteiger partial charge in [0, 0.05) is 21.7 Å². The first kappa shape index (κ1) is 27.0. The molecule has 0 unspecified atom stereocenters. The summed E-state index contributed by atoms with van der Waals surface area (Å²) in [4.78, 5) is 41.3. The lowest BCUT2D eigenvalue weighted by Crippen LogP contribution is -2.34. The largest absolute Gasteiger partial charge is 0.386 e. The van der Waals surface area contributed by atoms with Crippen LogP contribution in [0.5, 0.6) is 0 Å². The van der Waals surface area contributed by atoms with Gasteiger partial charge in [-0.3, -0.25) is 9.59 Å². The Morgan fingerprint density at radius 3 is 2.46 bits per heavy atom. The van der Waals surface area contributed by atoms with E-state index in [1.807, 2.05) is 12.1 Å². The van der Waals surface area contributed by atoms with Gasteiger partial charge < -0.3 is 15.8 Å². The lowest BCUT2D eigenvalue weighted by atomic mass is 9.90. The average molecular weight is 590 g/mol. The van der Waals surface area contributed by atoms with Gasteiger partial charge in [0.2, 0.25) is 5.91 Å². The molecular formula is C31H22Cl2FN3O4. The standard InChI is InChI=1S/C31H22Cl2FN3O4/c1-31(2,41)15-9-10-16-14(11-15)12-19-20(28(35)38)13-21(32)25(24(16)19)17-5-4-8-23(26(17)33)37-29(39)18-6-3-7-22(34)27(18)36-30(37)40/h3-11,13,41H,12H2,1-2H3,(H2,35,38)(H,36,40). The molecule has 5 aromatic rings. The maximum atomic E-state index is 14.3. The number of para-hydroxylation sites is 1. The van der Waals surface area contributed by atoms with Gasteiger partial charge in [0.25, 0.3) is 5.56 Å². The van der Waals surface area contributed by atoms with Crippen LogP contribution in [-0.2, 0) is 12.0 Å². The highest BCUT2D eigenvalue weighted by molar-refractivity contribution is 6.38. The Hall–Kier alpha value is -4.24. The fourth-order valence-corrected chi connectivity index (χ4v) is 6.13. The molecule has 1 amide bonds. The van der Waals surface area contributed by atoms with Crippen LogP contribution >= 0.6 is 23.2 Å². The van der Waals surface area contributed by atoms with E-state index in [0.29, 0.717) is 34.2 Å². The number of carbonyl (C=O) groups is 1. The molecule has 0 spiro atoms. The minimum atomic E-state index is -1.09. The monoisotopic (exact) mass is 589 g/mol. The fourth-order valence-electron chi connectivity index (χ4n) is 5.52. The molecule has 206 valence electrons. The summed E-state index contributed by atoms with van der Waals surface area (Å²) in [6.45, 7) is 3.37. The first-order valence-electron chi connectivity index (χ1n) is 12.6. The number of rotatable bonds is 4. The number of H-pyrrole nitrogens is 1. The Morgan fingerprint density at radius 2 is 1.76 bits per heavy atom. The van der Waals surface area contributed by atoms with Crippen molar-refractivity contribution in [2.75, 3.05) is 0 Å². The van der Waals surface area contributed by atoms with Gasteiger partial charge in [0.05, 0.1) is 27.2 Å². The van der Waals surface area contributed by atoms with E-state index in [9.17, 15) is 23.9 Å². The van der Waals surface area contributed by atoms with Crippen molar-refractivity contribution in [3.63, 3.8) is 0 Å². The number of nitrogens with two attached hydrogens (primary N) is 1. The maximum Gasteiger partial charge on any atom is 0.333 e. The van der Waals surface area contributed by atoms with Crippen LogP contribution in [0.3, 0.4) is 0 Å². The number of amides is 1. The molecule has 0 radical (unpaired) electrons. The van der Waals surface area contributed by atoms with Crippen LogP contribution in [0.25, 0.3) is 38.8 Å². The number of nitrogens with zero attached hydrogens (tertiary/aromatic N) is 1. The van der Waals surface area contributed by atoms with Crippen molar-refractivity contribution in [1.29, 1.82) is 0 Å². The summed E-state index contributed by atoms with van der Waals surface area (Å²) in [5.41, 5.74) is 7.70. The summed E-state index contributed by atoms with van der Waals surface area (Å²) in [6, 6.07) is 15.8. The van der Waals surface area contributed by atoms with Crippen LogP contribution in [0, 0.1) is 5.82 Å². The Bertz CT molecular complexity index is 2080. The first-order chi connectivity index (χ1) is 19.4. The molecule has 0 bridgehead atoms. The smallest absolute Gasteiger partial charge is 0.333 e. The third-order valence-electron chi connectivity index (χ3n) is 7.47. The third-order valence-corrected chi connectivity index (χ3v) is 8.17. The zero-order valence-electron chi connectivity index (χ0n) is 21.8. The Morgan fingerprint density at radius 1 is 1.02 bits per heavy atom. The number of aliphatic hydroxyl groups is 1. The van der Waals surface area contributed by atoms with Crippen LogP contribution in [0.2, 0.25) is 10.0 Å². The normalized spacial score (nSPS) is 12.4. The number of benzene rings is 4. The summed E-state index contributed by atoms with van der Waals surface area (Å²) in [5, 5.41) is 10.8. The van der Waals surface area contributed by atoms with Crippen molar-refractivity contribution >= 4 is 40.0 Å². The van der Waals surface area contributed by atoms with E-state index >= 15 is 0 Å². The Balaban J connectivity index is 1.64. The number of primary amides is 1. The fraction of sp³-hybridized carbons (Fsp3) is 0.129. The number of nitrogens with one attached hydrogen (secondary N) is 1. The molecule has 4 N–H and O–H groups in total. The van der Waals surface area contributed by atoms with Gasteiger partial charge >= 0.3 is 5.69 Å². The summed E-state index contributed by atoms with van der Waals surface area (Å²) < 4.78 is 15.2. The van der Waals surface area contributed by atoms with E-state index in [1.165, 1.54) is 24.3 Å². The molecule has 1 aliphatic carbocycles. The second-order valence-corrected chi connectivity index (χ2v) is 11.3. The molecule has 1 aromatic heterocycles. The quantitative estimate of drug-likeness (QED) is 0.245. The summed E-state index contributed by atoms with van der Waals surface area (Å²) in [6.07, 6.45) is 0.365. The zero-order valence-corrected chi connectivity index (χ0v) is 23.3. The highest BCUT2D eigenvalue weighted by Gasteiger charge is 2.31. The van der Waals surface area contributed by atoms with E-state index in [2.05, 4.69) is 4.98 Å². The van der Waals surface area contributed by atoms with Crippen molar-refractivity contribution in [1.82, 2.24) is 9.55 Å². The van der Waals surface area contributed by atoms with Gasteiger partial charge in [-0.05, 0) is 72.4 Å². The molecule has 0 atom stereocenters. The summed E-state index contributed by atoms with van der Waals surface area (Å²) in [5.74, 6) is -1.38. The molecular weight excluding hydrogens is 568 g/mol. The highest BCUT2D eigenvalue weighted by Crippen LogP contribution is 2.50. The second kappa shape index (κ2) is 9.41. The molecule has 7 nitrogen and oxygen atoms in total. The van der Waals surface area contributed by atoms with Crippen molar-refractivity contribution in [3.8, 4) is 27.9 Å². The molecule has 0 saturated heterocycles. The molecule has 4 aromatic carbocycles. The van der Waals surface area contributed by atoms with Crippen LogP contribution in [0.1, 0.15) is 40.9 Å². The van der Waals surface area contributed by atoms with Crippen molar-refractivity contribution in [2.24, 2.45) is 5.73 Å². The Kier molecular flexibility index (Phi) is 6.19. The number of hydrogen-bond donors (Lipinski definition) is 3. The van der Waals surface area contributed by atoms with E-state index in [4.69, 9.17) is 28.9 Å². The summed E-state index contributed by atoms with van der Waals surface area (Å²) >= 11 is 13.7. The van der Waals surface area contributed by atoms with E-state index < -0.39 is 28.6 Å². The van der Waals surface area contributed by atoms with Crippen LogP contribution in [0.15, 0.2) is 70.3 Å². The number of fused-ring (bicyclic) bond motifs is 4. The van der Waals surface area contributed by atoms with Crippen LogP contribution in [0.4, 0.5) is 4.39 Å². The van der Waals surface area contributed by atoms with Crippen molar-refractivity contribution in [3.05, 3.63) is 120 Å². The molecule has 41 heavy (non-hydrogen) atoms. The lowest BCUT2D eigenvalue weighted by molar-refractivity contribution is 0.0785. The number of aromatic nitrogens is 2. The van der Waals surface area contributed by atoms with Crippen LogP contribution < -0.4 is 17.0 Å². The van der Waals surface area contributed by atoms with E-state index in [0.717, 1.165) is 21.8 Å². The lowest BCUT2D eigenvalue weighted by Gasteiger charge is -2.20. The van der Waals surface area contributed by atoms with Crippen LogP contribution in [-0.4, -0.2) is 20.6 Å². The summed E-state index contributed by atoms with van der Waals surface area (Å²) in [7, 11) is 0. The third kappa shape index (κ3) is 4.18. The number of hydrogen-bond acceptors (Lipinski definition) is 4. The predicted molar refractivity (Wildman–Crippen MR) is 158 cm³/mol. The molecule has 10 heteroatoms. The van der Waals surface area contributed by atoms with E-state index in [-0.39, 0.29) is 32.2 Å². The molecule has 0 aliphatic heterocycles. The molecule has 1 heterocycles. The number of aromatic amines is 1. The maximum absolute atomic E-state index is 14.3. The van der Waals surface area contributed by atoms with Gasteiger partial charge in [-0.25, -0.2) is 13.8 Å². The SMILES string of the molecule is CC(C)(O)c1ccc2c(c1)Cc1c(C(N)=O)cc(Cl)c(-c3cccc(-n4c(=O)[nH]c5c(F)cccc5c4=O)c3Cl)c1-2. The minimum absolute atomic E-state index is 0.0210. The zero-order chi connectivity index (χ0) is 29.4. The number of halogens is 3. The highest BCUT2D eigenvalue weighted by atomic mass is 35.5. The van der Waals surface area contributed by atoms with Gasteiger partial charge in [0.15, 0.2) is 0 Å². The Labute approximate surface area is 242 Å².